The fourth-order valence-electron chi connectivity index (χ4n) is 2.12. The summed E-state index contributed by atoms with van der Waals surface area (Å²) in [5, 5.41) is 7.82. The lowest BCUT2D eigenvalue weighted by Crippen LogP contribution is -2.24. The molecular formula is C14H21N5O. The highest BCUT2D eigenvalue weighted by atomic mass is 16.5. The van der Waals surface area contributed by atoms with Crippen LogP contribution >= 0.6 is 0 Å². The molecule has 0 aromatic carbocycles. The molecule has 6 nitrogen and oxygen atoms in total. The average molecular weight is 275 g/mol. The Kier molecular flexibility index (Phi) is 4.68. The molecule has 2 aromatic rings. The van der Waals surface area contributed by atoms with E-state index in [1.54, 1.807) is 13.4 Å². The quantitative estimate of drug-likeness (QED) is 0.872. The number of hydrogen-bond acceptors (Lipinski definition) is 5. The van der Waals surface area contributed by atoms with Crippen LogP contribution in [-0.4, -0.2) is 32.9 Å². The summed E-state index contributed by atoms with van der Waals surface area (Å²) in [6.45, 7) is 7.46. The standard InChI is InChI=1S/C14H21N5O/c1-10-5-12(3)19(18-10)7-11(2)17-14-6-13(8-20-4)15-9-16-14/h5-6,9,11H,7-8H2,1-4H3,(H,15,16,17). The number of nitrogens with zero attached hydrogens (tertiary/aromatic N) is 4. The molecule has 108 valence electrons. The molecule has 0 aliphatic carbocycles. The van der Waals surface area contributed by atoms with E-state index >= 15 is 0 Å². The number of aromatic nitrogens is 4. The van der Waals surface area contributed by atoms with Crippen molar-refractivity contribution in [2.24, 2.45) is 0 Å². The average Bonchev–Trinajstić information content (AvgIpc) is 2.68. The largest absolute Gasteiger partial charge is 0.378 e. The minimum absolute atomic E-state index is 0.221. The van der Waals surface area contributed by atoms with E-state index in [9.17, 15) is 0 Å². The lowest BCUT2D eigenvalue weighted by molar-refractivity contribution is 0.181. The molecule has 1 atom stereocenters. The van der Waals surface area contributed by atoms with Crippen molar-refractivity contribution < 1.29 is 4.74 Å². The van der Waals surface area contributed by atoms with Crippen molar-refractivity contribution in [3.63, 3.8) is 0 Å². The normalized spacial score (nSPS) is 12.4. The number of aryl methyl sites for hydroxylation is 2. The molecule has 2 rings (SSSR count). The van der Waals surface area contributed by atoms with Crippen LogP contribution in [0.3, 0.4) is 0 Å². The third-order valence-corrected chi connectivity index (χ3v) is 2.96. The van der Waals surface area contributed by atoms with Crippen LogP contribution < -0.4 is 5.32 Å². The van der Waals surface area contributed by atoms with Gasteiger partial charge in [0.05, 0.1) is 24.5 Å². The number of nitrogens with one attached hydrogen (secondary N) is 1. The molecule has 0 saturated carbocycles. The van der Waals surface area contributed by atoms with E-state index in [1.165, 1.54) is 5.69 Å². The second kappa shape index (κ2) is 6.47. The van der Waals surface area contributed by atoms with Gasteiger partial charge in [0.15, 0.2) is 0 Å². The highest BCUT2D eigenvalue weighted by molar-refractivity contribution is 5.35. The minimum atomic E-state index is 0.221. The molecule has 0 amide bonds. The first-order chi connectivity index (χ1) is 9.58. The fourth-order valence-corrected chi connectivity index (χ4v) is 2.12. The molecule has 2 aromatic heterocycles. The number of methoxy groups -OCH3 is 1. The van der Waals surface area contributed by atoms with Crippen molar-refractivity contribution in [1.82, 2.24) is 19.7 Å². The van der Waals surface area contributed by atoms with E-state index in [0.29, 0.717) is 6.61 Å². The smallest absolute Gasteiger partial charge is 0.129 e. The predicted molar refractivity (Wildman–Crippen MR) is 77.5 cm³/mol. The summed E-state index contributed by atoms with van der Waals surface area (Å²) in [6, 6.07) is 4.20. The van der Waals surface area contributed by atoms with Gasteiger partial charge in [-0.1, -0.05) is 0 Å². The molecule has 0 bridgehead atoms. The fraction of sp³-hybridized carbons (Fsp3) is 0.500. The summed E-state index contributed by atoms with van der Waals surface area (Å²) in [5.74, 6) is 0.807. The molecule has 1 unspecified atom stereocenters. The first-order valence-corrected chi connectivity index (χ1v) is 6.66. The van der Waals surface area contributed by atoms with Crippen LogP contribution in [0.15, 0.2) is 18.5 Å². The van der Waals surface area contributed by atoms with Gasteiger partial charge < -0.3 is 10.1 Å². The van der Waals surface area contributed by atoms with Crippen LogP contribution in [0.1, 0.15) is 24.0 Å². The number of anilines is 1. The lowest BCUT2D eigenvalue weighted by atomic mass is 10.3. The van der Waals surface area contributed by atoms with E-state index in [-0.39, 0.29) is 6.04 Å². The maximum absolute atomic E-state index is 5.07. The van der Waals surface area contributed by atoms with Gasteiger partial charge in [0, 0.05) is 24.9 Å². The summed E-state index contributed by atoms with van der Waals surface area (Å²) < 4.78 is 7.07. The van der Waals surface area contributed by atoms with Crippen LogP contribution in [0.25, 0.3) is 0 Å². The first kappa shape index (κ1) is 14.5. The SMILES string of the molecule is COCc1cc(NC(C)Cn2nc(C)cc2C)ncn1. The summed E-state index contributed by atoms with van der Waals surface area (Å²) in [4.78, 5) is 8.37. The molecule has 0 radical (unpaired) electrons. The molecule has 0 aliphatic heterocycles. The summed E-state index contributed by atoms with van der Waals surface area (Å²) >= 11 is 0. The Bertz CT molecular complexity index is 566. The molecular weight excluding hydrogens is 254 g/mol. The van der Waals surface area contributed by atoms with Crippen molar-refractivity contribution in [2.45, 2.75) is 40.0 Å². The van der Waals surface area contributed by atoms with Crippen LogP contribution in [0.2, 0.25) is 0 Å². The van der Waals surface area contributed by atoms with Crippen molar-refractivity contribution in [3.8, 4) is 0 Å². The maximum Gasteiger partial charge on any atom is 0.129 e. The molecule has 0 saturated heterocycles. The Balaban J connectivity index is 1.99. The monoisotopic (exact) mass is 275 g/mol. The van der Waals surface area contributed by atoms with Gasteiger partial charge in [-0.2, -0.15) is 5.10 Å². The Labute approximate surface area is 119 Å². The number of rotatable bonds is 6. The molecule has 0 fully saturated rings. The van der Waals surface area contributed by atoms with Crippen molar-refractivity contribution >= 4 is 5.82 Å². The van der Waals surface area contributed by atoms with E-state index in [1.807, 2.05) is 17.7 Å². The highest BCUT2D eigenvalue weighted by Gasteiger charge is 2.08. The van der Waals surface area contributed by atoms with Gasteiger partial charge in [0.1, 0.15) is 12.1 Å². The summed E-state index contributed by atoms with van der Waals surface area (Å²) in [6.07, 6.45) is 1.55. The third kappa shape index (κ3) is 3.77. The zero-order valence-electron chi connectivity index (χ0n) is 12.4. The second-order valence-electron chi connectivity index (χ2n) is 4.98. The van der Waals surface area contributed by atoms with Crippen molar-refractivity contribution in [1.29, 1.82) is 0 Å². The van der Waals surface area contributed by atoms with Crippen LogP contribution in [0.4, 0.5) is 5.82 Å². The second-order valence-corrected chi connectivity index (χ2v) is 4.98. The predicted octanol–water partition coefficient (Wildman–Crippen LogP) is 1.94. The van der Waals surface area contributed by atoms with Gasteiger partial charge >= 0.3 is 0 Å². The van der Waals surface area contributed by atoms with Crippen molar-refractivity contribution in [3.05, 3.63) is 35.5 Å². The van der Waals surface area contributed by atoms with Gasteiger partial charge in [-0.15, -0.1) is 0 Å². The molecule has 0 spiro atoms. The molecule has 20 heavy (non-hydrogen) atoms. The Morgan fingerprint density at radius 1 is 1.30 bits per heavy atom. The van der Waals surface area contributed by atoms with Crippen LogP contribution in [0.5, 0.6) is 0 Å². The Hall–Kier alpha value is -1.95. The summed E-state index contributed by atoms with van der Waals surface area (Å²) in [5.41, 5.74) is 3.07. The minimum Gasteiger partial charge on any atom is -0.378 e. The van der Waals surface area contributed by atoms with Gasteiger partial charge in [-0.05, 0) is 26.8 Å². The van der Waals surface area contributed by atoms with E-state index < -0.39 is 0 Å². The van der Waals surface area contributed by atoms with E-state index in [0.717, 1.165) is 23.8 Å². The van der Waals surface area contributed by atoms with E-state index in [4.69, 9.17) is 4.74 Å². The Morgan fingerprint density at radius 2 is 2.10 bits per heavy atom. The van der Waals surface area contributed by atoms with Gasteiger partial charge in [-0.25, -0.2) is 9.97 Å². The van der Waals surface area contributed by atoms with Gasteiger partial charge in [0.25, 0.3) is 0 Å². The highest BCUT2D eigenvalue weighted by Crippen LogP contribution is 2.09. The first-order valence-electron chi connectivity index (χ1n) is 6.66. The molecule has 1 N–H and O–H groups in total. The topological polar surface area (TPSA) is 64.9 Å². The van der Waals surface area contributed by atoms with E-state index in [2.05, 4.69) is 40.3 Å². The zero-order valence-corrected chi connectivity index (χ0v) is 12.4. The van der Waals surface area contributed by atoms with Gasteiger partial charge in [0.2, 0.25) is 0 Å². The maximum atomic E-state index is 5.07. The molecule has 6 heteroatoms. The van der Waals surface area contributed by atoms with Crippen LogP contribution in [-0.2, 0) is 17.9 Å². The van der Waals surface area contributed by atoms with Crippen LogP contribution in [0, 0.1) is 13.8 Å². The van der Waals surface area contributed by atoms with Gasteiger partial charge in [-0.3, -0.25) is 4.68 Å². The number of hydrogen-bond donors (Lipinski definition) is 1. The summed E-state index contributed by atoms with van der Waals surface area (Å²) in [7, 11) is 1.65. The lowest BCUT2D eigenvalue weighted by Gasteiger charge is -2.15. The molecule has 2 heterocycles. The molecule has 0 aliphatic rings. The zero-order chi connectivity index (χ0) is 14.5. The number of ether oxygens (including phenoxy) is 1. The van der Waals surface area contributed by atoms with Crippen molar-refractivity contribution in [2.75, 3.05) is 12.4 Å². The third-order valence-electron chi connectivity index (χ3n) is 2.96. The Morgan fingerprint density at radius 3 is 2.75 bits per heavy atom.